The van der Waals surface area contributed by atoms with Crippen LogP contribution in [0.5, 0.6) is 0 Å². The third-order valence-corrected chi connectivity index (χ3v) is 4.77. The van der Waals surface area contributed by atoms with Crippen LogP contribution >= 0.6 is 11.6 Å². The van der Waals surface area contributed by atoms with E-state index in [1.165, 1.54) is 23.1 Å². The van der Waals surface area contributed by atoms with Gasteiger partial charge in [-0.1, -0.05) is 18.5 Å². The Kier molecular flexibility index (Phi) is 5.83. The van der Waals surface area contributed by atoms with Crippen molar-refractivity contribution in [2.45, 2.75) is 19.9 Å². The van der Waals surface area contributed by atoms with Gasteiger partial charge < -0.3 is 4.90 Å². The molecular formula is C20H18ClF2N3O3. The first-order valence-corrected chi connectivity index (χ1v) is 9.27. The number of fused-ring (bicyclic) bond motifs is 1. The largest absolute Gasteiger partial charge is 0.344 e. The van der Waals surface area contributed by atoms with Gasteiger partial charge in [-0.3, -0.25) is 14.2 Å². The molecule has 0 saturated heterocycles. The van der Waals surface area contributed by atoms with Crippen molar-refractivity contribution in [2.75, 3.05) is 13.6 Å². The van der Waals surface area contributed by atoms with Crippen molar-refractivity contribution in [1.29, 1.82) is 0 Å². The zero-order valence-electron chi connectivity index (χ0n) is 15.8. The molecule has 29 heavy (non-hydrogen) atoms. The average Bonchev–Trinajstić information content (AvgIpc) is 2.66. The predicted molar refractivity (Wildman–Crippen MR) is 107 cm³/mol. The van der Waals surface area contributed by atoms with Crippen molar-refractivity contribution < 1.29 is 13.6 Å². The first-order valence-electron chi connectivity index (χ1n) is 8.89. The number of aromatic nitrogens is 2. The van der Waals surface area contributed by atoms with Crippen molar-refractivity contribution >= 4 is 28.4 Å². The minimum absolute atomic E-state index is 0.0728. The SMILES string of the molecule is CCCN(C)C(=O)Cn1c(=O)n(-c2ccc(F)cc2F)c(=O)c2ccc(Cl)cc21. The van der Waals surface area contributed by atoms with Crippen LogP contribution in [0.2, 0.25) is 5.02 Å². The molecule has 0 saturated carbocycles. The minimum atomic E-state index is -1.07. The van der Waals surface area contributed by atoms with Crippen molar-refractivity contribution in [3.8, 4) is 5.69 Å². The lowest BCUT2D eigenvalue weighted by Crippen LogP contribution is -2.42. The molecule has 1 heterocycles. The molecule has 0 aliphatic rings. The summed E-state index contributed by atoms with van der Waals surface area (Å²) < 4.78 is 29.3. The van der Waals surface area contributed by atoms with E-state index in [-0.39, 0.29) is 28.4 Å². The molecule has 0 fully saturated rings. The molecule has 0 aliphatic heterocycles. The summed E-state index contributed by atoms with van der Waals surface area (Å²) in [6, 6.07) is 6.78. The minimum Gasteiger partial charge on any atom is -0.344 e. The molecule has 0 bridgehead atoms. The summed E-state index contributed by atoms with van der Waals surface area (Å²) in [5.41, 5.74) is -1.96. The lowest BCUT2D eigenvalue weighted by Gasteiger charge is -2.19. The Labute approximate surface area is 169 Å². The fraction of sp³-hybridized carbons (Fsp3) is 0.250. The van der Waals surface area contributed by atoms with E-state index >= 15 is 0 Å². The van der Waals surface area contributed by atoms with E-state index in [4.69, 9.17) is 11.6 Å². The third kappa shape index (κ3) is 3.93. The smallest absolute Gasteiger partial charge is 0.336 e. The number of benzene rings is 2. The highest BCUT2D eigenvalue weighted by Gasteiger charge is 2.20. The maximum absolute atomic E-state index is 14.3. The molecule has 0 N–H and O–H groups in total. The van der Waals surface area contributed by atoms with Gasteiger partial charge in [-0.25, -0.2) is 18.1 Å². The van der Waals surface area contributed by atoms with Gasteiger partial charge in [0.1, 0.15) is 18.2 Å². The normalized spacial score (nSPS) is 11.1. The second-order valence-corrected chi connectivity index (χ2v) is 7.02. The number of hydrogen-bond donors (Lipinski definition) is 0. The molecule has 0 radical (unpaired) electrons. The summed E-state index contributed by atoms with van der Waals surface area (Å²) in [5.74, 6) is -2.28. The molecule has 0 aliphatic carbocycles. The summed E-state index contributed by atoms with van der Waals surface area (Å²) in [5, 5.41) is 0.341. The van der Waals surface area contributed by atoms with Crippen molar-refractivity contribution in [3.05, 3.63) is 73.9 Å². The van der Waals surface area contributed by atoms with Gasteiger partial charge in [-0.05, 0) is 36.8 Å². The molecule has 1 aromatic heterocycles. The Bertz CT molecular complexity index is 1220. The quantitative estimate of drug-likeness (QED) is 0.636. The van der Waals surface area contributed by atoms with Crippen LogP contribution in [-0.2, 0) is 11.3 Å². The van der Waals surface area contributed by atoms with Gasteiger partial charge >= 0.3 is 5.69 Å². The number of nitrogens with zero attached hydrogens (tertiary/aromatic N) is 3. The van der Waals surface area contributed by atoms with E-state index in [9.17, 15) is 23.2 Å². The first kappa shape index (κ1) is 20.7. The Balaban J connectivity index is 2.32. The molecule has 6 nitrogen and oxygen atoms in total. The number of likely N-dealkylation sites (N-methyl/N-ethyl adjacent to an activating group) is 1. The molecule has 0 atom stereocenters. The van der Waals surface area contributed by atoms with Gasteiger partial charge in [0, 0.05) is 24.7 Å². The maximum Gasteiger partial charge on any atom is 0.336 e. The third-order valence-electron chi connectivity index (χ3n) is 4.54. The first-order chi connectivity index (χ1) is 13.7. The Morgan fingerprint density at radius 2 is 1.86 bits per heavy atom. The fourth-order valence-corrected chi connectivity index (χ4v) is 3.25. The molecule has 1 amide bonds. The predicted octanol–water partition coefficient (Wildman–Crippen LogP) is 2.95. The van der Waals surface area contributed by atoms with E-state index < -0.39 is 28.6 Å². The second-order valence-electron chi connectivity index (χ2n) is 6.58. The van der Waals surface area contributed by atoms with Gasteiger partial charge in [-0.15, -0.1) is 0 Å². The summed E-state index contributed by atoms with van der Waals surface area (Å²) >= 11 is 6.02. The van der Waals surface area contributed by atoms with Crippen LogP contribution in [0.1, 0.15) is 13.3 Å². The molecule has 9 heteroatoms. The number of hydrogen-bond acceptors (Lipinski definition) is 3. The van der Waals surface area contributed by atoms with E-state index in [2.05, 4.69) is 0 Å². The number of carbonyl (C=O) groups excluding carboxylic acids is 1. The highest BCUT2D eigenvalue weighted by Crippen LogP contribution is 2.18. The number of carbonyl (C=O) groups is 1. The van der Waals surface area contributed by atoms with Crippen molar-refractivity contribution in [3.63, 3.8) is 0 Å². The van der Waals surface area contributed by atoms with Crippen molar-refractivity contribution in [1.82, 2.24) is 14.0 Å². The van der Waals surface area contributed by atoms with Crippen LogP contribution in [0, 0.1) is 11.6 Å². The molecule has 2 aromatic carbocycles. The highest BCUT2D eigenvalue weighted by molar-refractivity contribution is 6.31. The second kappa shape index (κ2) is 8.16. The maximum atomic E-state index is 14.3. The van der Waals surface area contributed by atoms with Gasteiger partial charge in [-0.2, -0.15) is 0 Å². The topological polar surface area (TPSA) is 64.3 Å². The van der Waals surface area contributed by atoms with Gasteiger partial charge in [0.15, 0.2) is 0 Å². The molecule has 3 rings (SSSR count). The van der Waals surface area contributed by atoms with E-state index in [0.717, 1.165) is 23.1 Å². The number of amides is 1. The summed E-state index contributed by atoms with van der Waals surface area (Å²) in [6.45, 7) is 2.02. The lowest BCUT2D eigenvalue weighted by molar-refractivity contribution is -0.130. The van der Waals surface area contributed by atoms with Gasteiger partial charge in [0.2, 0.25) is 5.91 Å². The zero-order valence-corrected chi connectivity index (χ0v) is 16.5. The standard InChI is InChI=1S/C20H18ClF2N3O3/c1-3-8-24(2)18(27)11-25-17-9-12(21)4-6-14(17)19(28)26(20(25)29)16-7-5-13(22)10-15(16)23/h4-7,9-10H,3,8,11H2,1-2H3. The number of rotatable bonds is 5. The molecule has 0 unspecified atom stereocenters. The Morgan fingerprint density at radius 3 is 2.52 bits per heavy atom. The van der Waals surface area contributed by atoms with Crippen molar-refractivity contribution in [2.24, 2.45) is 0 Å². The molecule has 152 valence electrons. The molecular weight excluding hydrogens is 404 g/mol. The monoisotopic (exact) mass is 421 g/mol. The van der Waals surface area contributed by atoms with Gasteiger partial charge in [0.25, 0.3) is 5.56 Å². The van der Waals surface area contributed by atoms with Crippen LogP contribution in [0.4, 0.5) is 8.78 Å². The summed E-state index contributed by atoms with van der Waals surface area (Å²) in [6.07, 6.45) is 0.726. The Hall–Kier alpha value is -3.00. The van der Waals surface area contributed by atoms with E-state index in [0.29, 0.717) is 17.2 Å². The number of halogens is 3. The van der Waals surface area contributed by atoms with Gasteiger partial charge in [0.05, 0.1) is 16.6 Å². The van der Waals surface area contributed by atoms with Crippen LogP contribution in [-0.4, -0.2) is 33.5 Å². The molecule has 3 aromatic rings. The lowest BCUT2D eigenvalue weighted by atomic mass is 10.2. The molecule has 0 spiro atoms. The van der Waals surface area contributed by atoms with Crippen LogP contribution in [0.3, 0.4) is 0 Å². The van der Waals surface area contributed by atoms with Crippen LogP contribution in [0.25, 0.3) is 16.6 Å². The fourth-order valence-electron chi connectivity index (χ4n) is 3.08. The van der Waals surface area contributed by atoms with Crippen LogP contribution < -0.4 is 11.2 Å². The zero-order chi connectivity index (χ0) is 21.3. The average molecular weight is 422 g/mol. The van der Waals surface area contributed by atoms with Crippen LogP contribution in [0.15, 0.2) is 46.0 Å². The van der Waals surface area contributed by atoms with E-state index in [1.807, 2.05) is 6.92 Å². The Morgan fingerprint density at radius 1 is 1.14 bits per heavy atom. The van der Waals surface area contributed by atoms with E-state index in [1.54, 1.807) is 7.05 Å². The summed E-state index contributed by atoms with van der Waals surface area (Å²) in [7, 11) is 1.60. The summed E-state index contributed by atoms with van der Waals surface area (Å²) in [4.78, 5) is 40.0. The highest BCUT2D eigenvalue weighted by atomic mass is 35.5.